The molecule has 1 aliphatic rings. The van der Waals surface area contributed by atoms with E-state index in [2.05, 4.69) is 0 Å². The van der Waals surface area contributed by atoms with Crippen LogP contribution in [0.25, 0.3) is 0 Å². The number of hydrogen-bond donors (Lipinski definition) is 1. The average molecular weight is 385 g/mol. The van der Waals surface area contributed by atoms with E-state index in [0.717, 1.165) is 10.4 Å². The van der Waals surface area contributed by atoms with E-state index in [0.29, 0.717) is 5.75 Å². The Morgan fingerprint density at radius 3 is 2.52 bits per heavy atom. The molecule has 27 heavy (non-hydrogen) atoms. The molecule has 142 valence electrons. The lowest BCUT2D eigenvalue weighted by Gasteiger charge is -2.28. The molecular formula is C21H23NO4S. The molecule has 1 atom stereocenters. The Labute approximate surface area is 162 Å². The average Bonchev–Trinajstić information content (AvgIpc) is 3.23. The molecular weight excluding hydrogens is 362 g/mol. The van der Waals surface area contributed by atoms with Crippen LogP contribution in [-0.2, 0) is 16.1 Å². The third kappa shape index (κ3) is 3.49. The maximum Gasteiger partial charge on any atom is 0.290 e. The predicted octanol–water partition coefficient (Wildman–Crippen LogP) is 4.27. The fourth-order valence-electron chi connectivity index (χ4n) is 3.21. The van der Waals surface area contributed by atoms with Crippen LogP contribution >= 0.6 is 11.3 Å². The second kappa shape index (κ2) is 7.19. The number of aliphatic hydroxyl groups is 1. The topological polar surface area (TPSA) is 66.8 Å². The van der Waals surface area contributed by atoms with Crippen molar-refractivity contribution in [1.29, 1.82) is 0 Å². The molecule has 6 heteroatoms. The van der Waals surface area contributed by atoms with Gasteiger partial charge in [-0.25, -0.2) is 0 Å². The molecule has 2 aromatic rings. The van der Waals surface area contributed by atoms with E-state index >= 15 is 0 Å². The highest BCUT2D eigenvalue weighted by molar-refractivity contribution is 7.10. The molecule has 0 spiro atoms. The zero-order chi connectivity index (χ0) is 19.8. The van der Waals surface area contributed by atoms with E-state index in [1.807, 2.05) is 41.8 Å². The minimum absolute atomic E-state index is 0.171. The number of rotatable bonds is 5. The minimum Gasteiger partial charge on any atom is -0.503 e. The Kier molecular flexibility index (Phi) is 5.11. The summed E-state index contributed by atoms with van der Waals surface area (Å²) in [7, 11) is 1.58. The van der Waals surface area contributed by atoms with Crippen molar-refractivity contribution in [1.82, 2.24) is 4.90 Å². The van der Waals surface area contributed by atoms with Crippen LogP contribution in [0.15, 0.2) is 53.1 Å². The lowest BCUT2D eigenvalue weighted by molar-refractivity contribution is -0.130. The molecule has 0 fully saturated rings. The number of methoxy groups -OCH3 is 1. The monoisotopic (exact) mass is 385 g/mol. The van der Waals surface area contributed by atoms with Crippen molar-refractivity contribution in [3.05, 3.63) is 63.6 Å². The van der Waals surface area contributed by atoms with Crippen LogP contribution in [-0.4, -0.2) is 28.8 Å². The number of thiophene rings is 1. The minimum atomic E-state index is -0.709. The fourth-order valence-corrected chi connectivity index (χ4v) is 4.06. The fraction of sp³-hybridized carbons (Fsp3) is 0.333. The Morgan fingerprint density at radius 1 is 1.22 bits per heavy atom. The summed E-state index contributed by atoms with van der Waals surface area (Å²) < 4.78 is 5.39. The van der Waals surface area contributed by atoms with Crippen molar-refractivity contribution in [3.8, 4) is 5.75 Å². The number of para-hydroxylation sites is 1. The molecule has 0 saturated heterocycles. The predicted molar refractivity (Wildman–Crippen MR) is 105 cm³/mol. The molecule has 0 aliphatic carbocycles. The van der Waals surface area contributed by atoms with Gasteiger partial charge in [-0.1, -0.05) is 45.0 Å². The van der Waals surface area contributed by atoms with Crippen LogP contribution in [0, 0.1) is 5.41 Å². The highest BCUT2D eigenvalue weighted by Gasteiger charge is 2.46. The summed E-state index contributed by atoms with van der Waals surface area (Å²) >= 11 is 1.46. The first-order chi connectivity index (χ1) is 12.8. The molecule has 0 saturated carbocycles. The standard InChI is InChI=1S/C21H23NO4S/c1-21(2,3)19(24)16-17(15-10-7-11-27-15)22(20(25)18(16)23)12-13-8-5-6-9-14(13)26-4/h5-11,17,23H,12H2,1-4H3. The molecule has 1 unspecified atom stereocenters. The summed E-state index contributed by atoms with van der Waals surface area (Å²) in [6.07, 6.45) is 0. The van der Waals surface area contributed by atoms with Crippen molar-refractivity contribution in [2.24, 2.45) is 5.41 Å². The maximum absolute atomic E-state index is 13.0. The normalized spacial score (nSPS) is 17.6. The van der Waals surface area contributed by atoms with Gasteiger partial charge in [-0.3, -0.25) is 9.59 Å². The SMILES string of the molecule is COc1ccccc1CN1C(=O)C(O)=C(C(=O)C(C)(C)C)C1c1cccs1. The summed E-state index contributed by atoms with van der Waals surface area (Å²) in [5.74, 6) is -0.560. The number of amides is 1. The zero-order valence-corrected chi connectivity index (χ0v) is 16.7. The molecule has 3 rings (SSSR count). The number of Topliss-reactive ketones (excluding diaryl/α,β-unsaturated/α-hetero) is 1. The van der Waals surface area contributed by atoms with Gasteiger partial charge in [0.15, 0.2) is 11.5 Å². The van der Waals surface area contributed by atoms with Gasteiger partial charge in [-0.15, -0.1) is 11.3 Å². The van der Waals surface area contributed by atoms with Crippen molar-refractivity contribution < 1.29 is 19.4 Å². The van der Waals surface area contributed by atoms with Crippen LogP contribution in [0.3, 0.4) is 0 Å². The van der Waals surface area contributed by atoms with E-state index in [-0.39, 0.29) is 17.9 Å². The number of ketones is 1. The van der Waals surface area contributed by atoms with Crippen molar-refractivity contribution >= 4 is 23.0 Å². The maximum atomic E-state index is 13.0. The van der Waals surface area contributed by atoms with Gasteiger partial charge in [-0.05, 0) is 17.5 Å². The van der Waals surface area contributed by atoms with Crippen LogP contribution in [0.4, 0.5) is 0 Å². The van der Waals surface area contributed by atoms with Crippen molar-refractivity contribution in [2.75, 3.05) is 7.11 Å². The van der Waals surface area contributed by atoms with Crippen molar-refractivity contribution in [2.45, 2.75) is 33.4 Å². The summed E-state index contributed by atoms with van der Waals surface area (Å²) in [5.41, 5.74) is 0.275. The molecule has 1 amide bonds. The number of carbonyl (C=O) groups is 2. The van der Waals surface area contributed by atoms with Gasteiger partial charge in [0.05, 0.1) is 25.3 Å². The van der Waals surface area contributed by atoms with Gasteiger partial charge < -0.3 is 14.7 Å². The summed E-state index contributed by atoms with van der Waals surface area (Å²) in [6.45, 7) is 5.59. The second-order valence-corrected chi connectivity index (χ2v) is 8.48. The largest absolute Gasteiger partial charge is 0.503 e. The lowest BCUT2D eigenvalue weighted by Crippen LogP contribution is -2.32. The molecule has 0 bridgehead atoms. The van der Waals surface area contributed by atoms with Gasteiger partial charge in [0.1, 0.15) is 5.75 Å². The highest BCUT2D eigenvalue weighted by atomic mass is 32.1. The quantitative estimate of drug-likeness (QED) is 0.835. The molecule has 1 N–H and O–H groups in total. The number of nitrogens with zero attached hydrogens (tertiary/aromatic N) is 1. The summed E-state index contributed by atoms with van der Waals surface area (Å²) in [6, 6.07) is 10.6. The number of hydrogen-bond acceptors (Lipinski definition) is 5. The Bertz CT molecular complexity index is 893. The molecule has 2 heterocycles. The van der Waals surface area contributed by atoms with Gasteiger partial charge in [0.2, 0.25) is 0 Å². The smallest absolute Gasteiger partial charge is 0.290 e. The zero-order valence-electron chi connectivity index (χ0n) is 15.9. The number of aliphatic hydroxyl groups excluding tert-OH is 1. The number of ether oxygens (including phenoxy) is 1. The third-order valence-corrected chi connectivity index (χ3v) is 5.50. The molecule has 1 aliphatic heterocycles. The van der Waals surface area contributed by atoms with Gasteiger partial charge in [0, 0.05) is 15.9 Å². The van der Waals surface area contributed by atoms with E-state index in [9.17, 15) is 14.7 Å². The summed E-state index contributed by atoms with van der Waals surface area (Å²) in [5, 5.41) is 12.5. The van der Waals surface area contributed by atoms with E-state index in [1.54, 1.807) is 27.9 Å². The van der Waals surface area contributed by atoms with Crippen LogP contribution in [0.2, 0.25) is 0 Å². The Morgan fingerprint density at radius 2 is 1.93 bits per heavy atom. The first kappa shape index (κ1) is 19.2. The number of carbonyl (C=O) groups excluding carboxylic acids is 2. The van der Waals surface area contributed by atoms with Crippen molar-refractivity contribution in [3.63, 3.8) is 0 Å². The van der Waals surface area contributed by atoms with Crippen LogP contribution in [0.1, 0.15) is 37.3 Å². The first-order valence-corrected chi connectivity index (χ1v) is 9.58. The molecule has 1 aromatic heterocycles. The van der Waals surface area contributed by atoms with E-state index in [4.69, 9.17) is 4.74 Å². The molecule has 5 nitrogen and oxygen atoms in total. The van der Waals surface area contributed by atoms with Crippen LogP contribution < -0.4 is 4.74 Å². The number of benzene rings is 1. The molecule has 0 radical (unpaired) electrons. The second-order valence-electron chi connectivity index (χ2n) is 7.50. The van der Waals surface area contributed by atoms with Gasteiger partial charge in [-0.2, -0.15) is 0 Å². The highest BCUT2D eigenvalue weighted by Crippen LogP contribution is 2.43. The van der Waals surface area contributed by atoms with Crippen LogP contribution in [0.5, 0.6) is 5.75 Å². The van der Waals surface area contributed by atoms with E-state index in [1.165, 1.54) is 16.2 Å². The first-order valence-electron chi connectivity index (χ1n) is 8.70. The Balaban J connectivity index is 2.07. The summed E-state index contributed by atoms with van der Waals surface area (Å²) in [4.78, 5) is 28.3. The lowest BCUT2D eigenvalue weighted by atomic mass is 9.83. The van der Waals surface area contributed by atoms with Gasteiger partial charge in [0.25, 0.3) is 5.91 Å². The Hall–Kier alpha value is -2.60. The van der Waals surface area contributed by atoms with Gasteiger partial charge >= 0.3 is 0 Å². The molecule has 1 aromatic carbocycles. The van der Waals surface area contributed by atoms with E-state index < -0.39 is 23.1 Å². The third-order valence-electron chi connectivity index (χ3n) is 4.58.